The lowest BCUT2D eigenvalue weighted by atomic mass is 10.2. The molecule has 9 heteroatoms. The summed E-state index contributed by atoms with van der Waals surface area (Å²) in [5.74, 6) is -2.92. The first-order valence-corrected chi connectivity index (χ1v) is 8.75. The van der Waals surface area contributed by atoms with E-state index in [1.54, 1.807) is 6.92 Å². The molecule has 0 atom stereocenters. The zero-order chi connectivity index (χ0) is 17.9. The SMILES string of the molecule is CCOc1cc(C#N)cc(Br)c1OS(=O)(=O)c1c(F)cccc1F. The largest absolute Gasteiger partial charge is 0.490 e. The predicted molar refractivity (Wildman–Crippen MR) is 84.2 cm³/mol. The van der Waals surface area contributed by atoms with Crippen LogP contribution in [0.2, 0.25) is 0 Å². The third-order valence-electron chi connectivity index (χ3n) is 2.80. The summed E-state index contributed by atoms with van der Waals surface area (Å²) in [5, 5.41) is 8.94. The molecule has 0 saturated carbocycles. The number of rotatable bonds is 5. The van der Waals surface area contributed by atoms with Crippen molar-refractivity contribution in [1.82, 2.24) is 0 Å². The van der Waals surface area contributed by atoms with Crippen molar-refractivity contribution in [3.63, 3.8) is 0 Å². The summed E-state index contributed by atoms with van der Waals surface area (Å²) in [6.45, 7) is 1.80. The van der Waals surface area contributed by atoms with E-state index in [-0.39, 0.29) is 28.1 Å². The van der Waals surface area contributed by atoms with Gasteiger partial charge in [0.15, 0.2) is 16.4 Å². The topological polar surface area (TPSA) is 76.4 Å². The van der Waals surface area contributed by atoms with Gasteiger partial charge < -0.3 is 8.92 Å². The first kappa shape index (κ1) is 18.2. The van der Waals surface area contributed by atoms with Crippen molar-refractivity contribution in [2.45, 2.75) is 11.8 Å². The summed E-state index contributed by atoms with van der Waals surface area (Å²) in [5.41, 5.74) is 0.187. The lowest BCUT2D eigenvalue weighted by Gasteiger charge is -2.14. The highest BCUT2D eigenvalue weighted by Gasteiger charge is 2.28. The van der Waals surface area contributed by atoms with E-state index in [9.17, 15) is 17.2 Å². The van der Waals surface area contributed by atoms with Gasteiger partial charge in [-0.2, -0.15) is 13.7 Å². The van der Waals surface area contributed by atoms with Gasteiger partial charge >= 0.3 is 10.1 Å². The smallest absolute Gasteiger partial charge is 0.345 e. The van der Waals surface area contributed by atoms with E-state index in [2.05, 4.69) is 15.9 Å². The molecule has 0 saturated heterocycles. The van der Waals surface area contributed by atoms with Gasteiger partial charge in [-0.05, 0) is 41.1 Å². The second-order valence-corrected chi connectivity index (χ2v) is 6.76. The van der Waals surface area contributed by atoms with Crippen LogP contribution in [0, 0.1) is 23.0 Å². The van der Waals surface area contributed by atoms with Gasteiger partial charge in [-0.3, -0.25) is 0 Å². The van der Waals surface area contributed by atoms with Crippen LogP contribution < -0.4 is 8.92 Å². The average molecular weight is 418 g/mol. The van der Waals surface area contributed by atoms with E-state index < -0.39 is 26.6 Å². The Morgan fingerprint density at radius 1 is 1.25 bits per heavy atom. The van der Waals surface area contributed by atoms with Gasteiger partial charge in [0, 0.05) is 6.07 Å². The Labute approximate surface area is 145 Å². The average Bonchev–Trinajstić information content (AvgIpc) is 2.50. The molecule has 0 spiro atoms. The van der Waals surface area contributed by atoms with Crippen molar-refractivity contribution in [1.29, 1.82) is 5.26 Å². The summed E-state index contributed by atoms with van der Waals surface area (Å²) in [6, 6.07) is 7.07. The molecule has 0 fully saturated rings. The molecule has 0 aliphatic carbocycles. The third-order valence-corrected chi connectivity index (χ3v) is 4.67. The number of nitriles is 1. The Morgan fingerprint density at radius 3 is 2.42 bits per heavy atom. The predicted octanol–water partition coefficient (Wildman–Crippen LogP) is 3.77. The fourth-order valence-electron chi connectivity index (χ4n) is 1.85. The van der Waals surface area contributed by atoms with Crippen LogP contribution in [0.5, 0.6) is 11.5 Å². The van der Waals surface area contributed by atoms with E-state index in [1.807, 2.05) is 6.07 Å². The second-order valence-electron chi connectivity index (χ2n) is 4.42. The van der Waals surface area contributed by atoms with Gasteiger partial charge in [0.05, 0.1) is 22.7 Å². The normalized spacial score (nSPS) is 11.0. The van der Waals surface area contributed by atoms with E-state index in [4.69, 9.17) is 14.2 Å². The number of nitrogens with zero attached hydrogens (tertiary/aromatic N) is 1. The maximum Gasteiger partial charge on any atom is 0.345 e. The molecule has 0 aliphatic heterocycles. The number of ether oxygens (including phenoxy) is 1. The van der Waals surface area contributed by atoms with Gasteiger partial charge in [-0.15, -0.1) is 0 Å². The Kier molecular flexibility index (Phi) is 5.41. The molecule has 0 aromatic heterocycles. The standard InChI is InChI=1S/C15H10BrF2NO4S/c1-2-22-13-7-9(8-19)6-10(16)14(13)23-24(20,21)15-11(17)4-3-5-12(15)18/h3-7H,2H2,1H3. The minimum Gasteiger partial charge on any atom is -0.490 e. The fraction of sp³-hybridized carbons (Fsp3) is 0.133. The zero-order valence-corrected chi connectivity index (χ0v) is 14.6. The van der Waals surface area contributed by atoms with Crippen LogP contribution in [0.3, 0.4) is 0 Å². The lowest BCUT2D eigenvalue weighted by molar-refractivity contribution is 0.326. The summed E-state index contributed by atoms with van der Waals surface area (Å²) in [6.07, 6.45) is 0. The second kappa shape index (κ2) is 7.15. The molecular weight excluding hydrogens is 408 g/mol. The van der Waals surface area contributed by atoms with Crippen LogP contribution in [0.25, 0.3) is 0 Å². The molecule has 0 aliphatic rings. The number of hydrogen-bond acceptors (Lipinski definition) is 5. The van der Waals surface area contributed by atoms with Gasteiger partial charge in [-0.1, -0.05) is 6.07 Å². The molecule has 2 aromatic carbocycles. The zero-order valence-electron chi connectivity index (χ0n) is 12.2. The molecule has 0 amide bonds. The minimum absolute atomic E-state index is 0.0521. The van der Waals surface area contributed by atoms with Crippen molar-refractivity contribution < 1.29 is 26.1 Å². The number of benzene rings is 2. The molecule has 24 heavy (non-hydrogen) atoms. The minimum atomic E-state index is -4.80. The van der Waals surface area contributed by atoms with Crippen LogP contribution >= 0.6 is 15.9 Å². The van der Waals surface area contributed by atoms with Crippen LogP contribution in [0.4, 0.5) is 8.78 Å². The third kappa shape index (κ3) is 3.66. The molecule has 0 N–H and O–H groups in total. The molecule has 0 heterocycles. The number of hydrogen-bond donors (Lipinski definition) is 0. The van der Waals surface area contributed by atoms with Crippen molar-refractivity contribution in [2.24, 2.45) is 0 Å². The van der Waals surface area contributed by atoms with E-state index >= 15 is 0 Å². The highest BCUT2D eigenvalue weighted by Crippen LogP contribution is 2.39. The van der Waals surface area contributed by atoms with Crippen LogP contribution in [-0.2, 0) is 10.1 Å². The molecule has 2 rings (SSSR count). The van der Waals surface area contributed by atoms with Crippen molar-refractivity contribution in [3.8, 4) is 17.6 Å². The van der Waals surface area contributed by atoms with Crippen LogP contribution in [0.1, 0.15) is 12.5 Å². The van der Waals surface area contributed by atoms with E-state index in [1.165, 1.54) is 12.1 Å². The van der Waals surface area contributed by atoms with Crippen LogP contribution in [0.15, 0.2) is 39.7 Å². The summed E-state index contributed by atoms with van der Waals surface area (Å²) in [4.78, 5) is -1.20. The monoisotopic (exact) mass is 417 g/mol. The molecular formula is C15H10BrF2NO4S. The highest BCUT2D eigenvalue weighted by atomic mass is 79.9. The summed E-state index contributed by atoms with van der Waals surface area (Å²) >= 11 is 3.06. The Balaban J connectivity index is 2.56. The van der Waals surface area contributed by atoms with E-state index in [0.717, 1.165) is 18.2 Å². The van der Waals surface area contributed by atoms with Gasteiger partial charge in [0.1, 0.15) is 11.6 Å². The van der Waals surface area contributed by atoms with E-state index in [0.29, 0.717) is 0 Å². The lowest BCUT2D eigenvalue weighted by Crippen LogP contribution is -2.15. The van der Waals surface area contributed by atoms with Crippen molar-refractivity contribution in [2.75, 3.05) is 6.61 Å². The van der Waals surface area contributed by atoms with Gasteiger partial charge in [0.25, 0.3) is 0 Å². The molecule has 0 radical (unpaired) electrons. The maximum absolute atomic E-state index is 13.7. The Hall–Kier alpha value is -2.18. The Bertz CT molecular complexity index is 906. The Morgan fingerprint density at radius 2 is 1.88 bits per heavy atom. The number of halogens is 3. The van der Waals surface area contributed by atoms with Crippen molar-refractivity contribution >= 4 is 26.0 Å². The van der Waals surface area contributed by atoms with Crippen LogP contribution in [-0.4, -0.2) is 15.0 Å². The fourth-order valence-corrected chi connectivity index (χ4v) is 3.57. The molecule has 5 nitrogen and oxygen atoms in total. The first-order chi connectivity index (χ1) is 11.3. The van der Waals surface area contributed by atoms with Gasteiger partial charge in [-0.25, -0.2) is 8.78 Å². The molecule has 126 valence electrons. The summed E-state index contributed by atoms with van der Waals surface area (Å²) in [7, 11) is -4.80. The first-order valence-electron chi connectivity index (χ1n) is 6.55. The van der Waals surface area contributed by atoms with Gasteiger partial charge in [0.2, 0.25) is 0 Å². The van der Waals surface area contributed by atoms with Crippen molar-refractivity contribution in [3.05, 3.63) is 52.0 Å². The molecule has 2 aromatic rings. The summed E-state index contributed by atoms with van der Waals surface area (Å²) < 4.78 is 62.2. The maximum atomic E-state index is 13.7. The highest BCUT2D eigenvalue weighted by molar-refractivity contribution is 9.10. The molecule has 0 bridgehead atoms. The molecule has 0 unspecified atom stereocenters. The quantitative estimate of drug-likeness (QED) is 0.692.